The predicted octanol–water partition coefficient (Wildman–Crippen LogP) is 3.47. The SMILES string of the molecule is CCC(CC)C(C)(C)OOP(C)(=O)OC#N. The summed E-state index contributed by atoms with van der Waals surface area (Å²) < 4.78 is 20.5. The van der Waals surface area contributed by atoms with E-state index in [2.05, 4.69) is 18.4 Å². The molecule has 0 rings (SSSR count). The Morgan fingerprint density at radius 3 is 2.25 bits per heavy atom. The zero-order valence-corrected chi connectivity index (χ0v) is 11.4. The Labute approximate surface area is 97.1 Å². The Kier molecular flexibility index (Phi) is 6.02. The molecule has 0 fully saturated rings. The minimum atomic E-state index is -3.43. The highest BCUT2D eigenvalue weighted by Gasteiger charge is 2.32. The molecule has 0 aromatic rings. The van der Waals surface area contributed by atoms with Crippen LogP contribution in [0.1, 0.15) is 40.5 Å². The molecule has 0 N–H and O–H groups in total. The summed E-state index contributed by atoms with van der Waals surface area (Å²) in [5.74, 6) is 0.287. The molecule has 0 saturated heterocycles. The molecule has 94 valence electrons. The van der Waals surface area contributed by atoms with E-state index in [-0.39, 0.29) is 5.92 Å². The quantitative estimate of drug-likeness (QED) is 0.299. The van der Waals surface area contributed by atoms with Crippen molar-refractivity contribution in [2.45, 2.75) is 46.1 Å². The van der Waals surface area contributed by atoms with Crippen molar-refractivity contribution in [3.63, 3.8) is 0 Å². The van der Waals surface area contributed by atoms with Crippen molar-refractivity contribution in [1.29, 1.82) is 5.26 Å². The first-order valence-corrected chi connectivity index (χ1v) is 7.30. The maximum atomic E-state index is 11.5. The topological polar surface area (TPSA) is 68.6 Å². The number of nitrogens with zero attached hydrogens (tertiary/aromatic N) is 1. The smallest absolute Gasteiger partial charge is 0.348 e. The van der Waals surface area contributed by atoms with Gasteiger partial charge in [-0.25, -0.2) is 9.45 Å². The fourth-order valence-corrected chi connectivity index (χ4v) is 2.10. The van der Waals surface area contributed by atoms with Crippen LogP contribution in [-0.4, -0.2) is 12.3 Å². The van der Waals surface area contributed by atoms with Gasteiger partial charge in [-0.1, -0.05) is 26.7 Å². The molecular weight excluding hydrogens is 229 g/mol. The third-order valence-corrected chi connectivity index (χ3v) is 3.32. The Morgan fingerprint density at radius 1 is 1.38 bits per heavy atom. The van der Waals surface area contributed by atoms with E-state index in [0.29, 0.717) is 0 Å². The lowest BCUT2D eigenvalue weighted by Crippen LogP contribution is -2.33. The standard InChI is InChI=1S/C10H20NO4P/c1-6-9(7-2)10(3,4)14-15-16(5,12)13-8-11/h9H,6-7H2,1-5H3. The lowest BCUT2D eigenvalue weighted by Gasteiger charge is -2.31. The maximum Gasteiger partial charge on any atom is 0.412 e. The average molecular weight is 249 g/mol. The molecular formula is C10H20NO4P. The van der Waals surface area contributed by atoms with Crippen LogP contribution in [0.15, 0.2) is 0 Å². The molecule has 6 heteroatoms. The van der Waals surface area contributed by atoms with Crippen LogP contribution in [-0.2, 0) is 18.7 Å². The van der Waals surface area contributed by atoms with E-state index in [1.807, 2.05) is 13.8 Å². The van der Waals surface area contributed by atoms with E-state index >= 15 is 0 Å². The van der Waals surface area contributed by atoms with Crippen molar-refractivity contribution in [2.75, 3.05) is 6.66 Å². The summed E-state index contributed by atoms with van der Waals surface area (Å²) in [6.45, 7) is 9.01. The Bertz CT molecular complexity index is 294. The van der Waals surface area contributed by atoms with Gasteiger partial charge in [0.25, 0.3) is 6.26 Å². The summed E-state index contributed by atoms with van der Waals surface area (Å²) in [4.78, 5) is 5.15. The predicted molar refractivity (Wildman–Crippen MR) is 60.5 cm³/mol. The van der Waals surface area contributed by atoms with Gasteiger partial charge in [0, 0.05) is 0 Å². The molecule has 0 aromatic heterocycles. The molecule has 1 unspecified atom stereocenters. The summed E-state index contributed by atoms with van der Waals surface area (Å²) in [6, 6.07) is 0. The van der Waals surface area contributed by atoms with Gasteiger partial charge in [0.15, 0.2) is 0 Å². The van der Waals surface area contributed by atoms with Crippen molar-refractivity contribution >= 4 is 7.60 Å². The third-order valence-electron chi connectivity index (χ3n) is 2.56. The summed E-state index contributed by atoms with van der Waals surface area (Å²) in [5.41, 5.74) is -0.562. The lowest BCUT2D eigenvalue weighted by molar-refractivity contribution is -0.301. The number of rotatable bonds is 7. The van der Waals surface area contributed by atoms with Crippen LogP contribution in [0.4, 0.5) is 0 Å². The second kappa shape index (κ2) is 6.24. The molecule has 0 radical (unpaired) electrons. The molecule has 1 atom stereocenters. The lowest BCUT2D eigenvalue weighted by atomic mass is 9.87. The molecule has 0 bridgehead atoms. The second-order valence-corrected chi connectivity index (χ2v) is 6.10. The fourth-order valence-electron chi connectivity index (χ4n) is 1.59. The Balaban J connectivity index is 4.39. The van der Waals surface area contributed by atoms with E-state index < -0.39 is 13.2 Å². The molecule has 0 saturated carbocycles. The third kappa shape index (κ3) is 4.98. The van der Waals surface area contributed by atoms with Crippen LogP contribution in [0.3, 0.4) is 0 Å². The molecule has 0 aliphatic rings. The average Bonchev–Trinajstić information content (AvgIpc) is 2.17. The highest BCUT2D eigenvalue weighted by Crippen LogP contribution is 2.45. The Morgan fingerprint density at radius 2 is 1.88 bits per heavy atom. The van der Waals surface area contributed by atoms with Gasteiger partial charge >= 0.3 is 7.60 Å². The summed E-state index contributed by atoms with van der Waals surface area (Å²) >= 11 is 0. The van der Waals surface area contributed by atoms with Crippen LogP contribution >= 0.6 is 7.60 Å². The van der Waals surface area contributed by atoms with Crippen LogP contribution < -0.4 is 0 Å². The molecule has 0 aliphatic carbocycles. The van der Waals surface area contributed by atoms with Gasteiger partial charge in [-0.15, -0.1) is 9.94 Å². The van der Waals surface area contributed by atoms with E-state index in [4.69, 9.17) is 14.8 Å². The molecule has 16 heavy (non-hydrogen) atoms. The summed E-state index contributed by atoms with van der Waals surface area (Å²) in [7, 11) is -3.43. The van der Waals surface area contributed by atoms with Gasteiger partial charge in [0.05, 0.1) is 6.66 Å². The summed E-state index contributed by atoms with van der Waals surface area (Å²) in [5, 5.41) is 8.25. The maximum absolute atomic E-state index is 11.5. The number of hydrogen-bond acceptors (Lipinski definition) is 5. The molecule has 0 heterocycles. The first-order chi connectivity index (χ1) is 7.29. The van der Waals surface area contributed by atoms with Gasteiger partial charge in [-0.3, -0.25) is 0 Å². The highest BCUT2D eigenvalue weighted by atomic mass is 31.2. The second-order valence-electron chi connectivity index (χ2n) is 4.23. The minimum absolute atomic E-state index is 0.287. The van der Waals surface area contributed by atoms with Gasteiger partial charge in [-0.2, -0.15) is 0 Å². The van der Waals surface area contributed by atoms with Crippen molar-refractivity contribution in [2.24, 2.45) is 5.92 Å². The van der Waals surface area contributed by atoms with E-state index in [1.165, 1.54) is 12.9 Å². The number of hydrogen-bond donors (Lipinski definition) is 0. The van der Waals surface area contributed by atoms with Crippen molar-refractivity contribution in [1.82, 2.24) is 0 Å². The number of nitriles is 1. The van der Waals surface area contributed by atoms with Crippen LogP contribution in [0.5, 0.6) is 0 Å². The highest BCUT2D eigenvalue weighted by molar-refractivity contribution is 7.52. The van der Waals surface area contributed by atoms with Gasteiger partial charge < -0.3 is 4.52 Å². The Hall–Kier alpha value is -0.560. The van der Waals surface area contributed by atoms with Crippen LogP contribution in [0, 0.1) is 17.4 Å². The minimum Gasteiger partial charge on any atom is -0.348 e. The van der Waals surface area contributed by atoms with Crippen molar-refractivity contribution in [3.8, 4) is 6.26 Å². The van der Waals surface area contributed by atoms with E-state index in [0.717, 1.165) is 12.8 Å². The molecule has 0 spiro atoms. The van der Waals surface area contributed by atoms with Crippen LogP contribution in [0.25, 0.3) is 0 Å². The molecule has 5 nitrogen and oxygen atoms in total. The molecule has 0 aliphatic heterocycles. The summed E-state index contributed by atoms with van der Waals surface area (Å²) in [6.07, 6.45) is 3.19. The molecule has 0 aromatic carbocycles. The van der Waals surface area contributed by atoms with E-state index in [1.54, 1.807) is 0 Å². The van der Waals surface area contributed by atoms with Gasteiger partial charge in [0.1, 0.15) is 5.60 Å². The fraction of sp³-hybridized carbons (Fsp3) is 0.900. The van der Waals surface area contributed by atoms with Crippen LogP contribution in [0.2, 0.25) is 0 Å². The molecule has 0 amide bonds. The van der Waals surface area contributed by atoms with Gasteiger partial charge in [-0.05, 0) is 19.8 Å². The zero-order valence-electron chi connectivity index (χ0n) is 10.5. The normalized spacial score (nSPS) is 15.6. The van der Waals surface area contributed by atoms with Crippen molar-refractivity contribution < 1.29 is 18.7 Å². The first kappa shape index (κ1) is 15.4. The zero-order chi connectivity index (χ0) is 12.8. The van der Waals surface area contributed by atoms with Gasteiger partial charge in [0.2, 0.25) is 0 Å². The van der Waals surface area contributed by atoms with Crippen molar-refractivity contribution in [3.05, 3.63) is 0 Å². The monoisotopic (exact) mass is 249 g/mol. The van der Waals surface area contributed by atoms with E-state index in [9.17, 15) is 4.57 Å². The first-order valence-electron chi connectivity index (χ1n) is 5.31. The largest absolute Gasteiger partial charge is 0.412 e.